The molecular formula is C17H23N3O2S. The van der Waals surface area contributed by atoms with Crippen molar-refractivity contribution < 1.29 is 9.84 Å². The lowest BCUT2D eigenvalue weighted by Crippen LogP contribution is -2.38. The fraction of sp³-hybridized carbons (Fsp3) is 0.353. The molecule has 124 valence electrons. The third-order valence-corrected chi connectivity index (χ3v) is 4.35. The summed E-state index contributed by atoms with van der Waals surface area (Å²) in [7, 11) is 3.34. The summed E-state index contributed by atoms with van der Waals surface area (Å²) in [4.78, 5) is 4.21. The molecule has 1 atom stereocenters. The average Bonchev–Trinajstić information content (AvgIpc) is 3.10. The smallest absolute Gasteiger partial charge is 0.191 e. The molecule has 0 aliphatic carbocycles. The summed E-state index contributed by atoms with van der Waals surface area (Å²) < 4.78 is 5.18. The molecule has 0 amide bonds. The summed E-state index contributed by atoms with van der Waals surface area (Å²) in [6, 6.07) is 7.31. The molecule has 1 unspecified atom stereocenters. The molecule has 23 heavy (non-hydrogen) atoms. The number of ether oxygens (including phenoxy) is 1. The van der Waals surface area contributed by atoms with Crippen LogP contribution in [0.4, 0.5) is 0 Å². The van der Waals surface area contributed by atoms with E-state index in [1.54, 1.807) is 37.6 Å². The second-order valence-corrected chi connectivity index (χ2v) is 6.04. The summed E-state index contributed by atoms with van der Waals surface area (Å²) in [5, 5.41) is 20.7. The van der Waals surface area contributed by atoms with Gasteiger partial charge in [-0.1, -0.05) is 6.92 Å². The Morgan fingerprint density at radius 3 is 2.83 bits per heavy atom. The van der Waals surface area contributed by atoms with Crippen LogP contribution in [0.15, 0.2) is 40.0 Å². The Hall–Kier alpha value is -2.21. The zero-order valence-electron chi connectivity index (χ0n) is 13.7. The molecule has 0 saturated heterocycles. The van der Waals surface area contributed by atoms with Crippen LogP contribution >= 0.6 is 11.3 Å². The van der Waals surface area contributed by atoms with E-state index >= 15 is 0 Å². The van der Waals surface area contributed by atoms with Crippen molar-refractivity contribution in [2.24, 2.45) is 4.99 Å². The SMILES string of the molecule is CN=C(NCc1cc(OC)ccc1O)NCC(C)c1ccsc1. The van der Waals surface area contributed by atoms with E-state index in [0.29, 0.717) is 24.2 Å². The number of benzene rings is 1. The molecular weight excluding hydrogens is 310 g/mol. The van der Waals surface area contributed by atoms with Gasteiger partial charge in [-0.25, -0.2) is 0 Å². The van der Waals surface area contributed by atoms with Crippen molar-refractivity contribution in [3.63, 3.8) is 0 Å². The molecule has 0 bridgehead atoms. The largest absolute Gasteiger partial charge is 0.508 e. The molecule has 2 aromatic rings. The zero-order valence-corrected chi connectivity index (χ0v) is 14.5. The summed E-state index contributed by atoms with van der Waals surface area (Å²) in [5.74, 6) is 2.06. The highest BCUT2D eigenvalue weighted by Crippen LogP contribution is 2.22. The molecule has 3 N–H and O–H groups in total. The standard InChI is InChI=1S/C17H23N3O2S/c1-12(13-6-7-23-11-13)9-19-17(18-2)20-10-14-8-15(22-3)4-5-16(14)21/h4-8,11-12,21H,9-10H2,1-3H3,(H2,18,19,20). The van der Waals surface area contributed by atoms with Crippen molar-refractivity contribution in [2.75, 3.05) is 20.7 Å². The first-order valence-corrected chi connectivity index (χ1v) is 8.40. The number of phenolic OH excluding ortho intramolecular Hbond substituents is 1. The van der Waals surface area contributed by atoms with Gasteiger partial charge in [-0.05, 0) is 46.5 Å². The average molecular weight is 333 g/mol. The van der Waals surface area contributed by atoms with Gasteiger partial charge in [-0.15, -0.1) is 0 Å². The maximum Gasteiger partial charge on any atom is 0.191 e. The maximum absolute atomic E-state index is 9.90. The van der Waals surface area contributed by atoms with Crippen molar-refractivity contribution in [1.29, 1.82) is 0 Å². The lowest BCUT2D eigenvalue weighted by Gasteiger charge is -2.16. The molecule has 0 fully saturated rings. The van der Waals surface area contributed by atoms with Crippen LogP contribution < -0.4 is 15.4 Å². The van der Waals surface area contributed by atoms with E-state index in [4.69, 9.17) is 4.74 Å². The lowest BCUT2D eigenvalue weighted by atomic mass is 10.1. The molecule has 1 heterocycles. The Balaban J connectivity index is 1.88. The van der Waals surface area contributed by atoms with E-state index in [-0.39, 0.29) is 5.75 Å². The predicted molar refractivity (Wildman–Crippen MR) is 95.6 cm³/mol. The molecule has 0 spiro atoms. The second-order valence-electron chi connectivity index (χ2n) is 5.26. The van der Waals surface area contributed by atoms with Crippen LogP contribution in [0.2, 0.25) is 0 Å². The number of methoxy groups -OCH3 is 1. The van der Waals surface area contributed by atoms with Gasteiger partial charge in [0, 0.05) is 25.7 Å². The minimum absolute atomic E-state index is 0.236. The van der Waals surface area contributed by atoms with E-state index in [2.05, 4.69) is 39.4 Å². The summed E-state index contributed by atoms with van der Waals surface area (Å²) in [6.45, 7) is 3.44. The molecule has 0 aliphatic rings. The minimum atomic E-state index is 0.236. The number of nitrogens with one attached hydrogen (secondary N) is 2. The monoisotopic (exact) mass is 333 g/mol. The summed E-state index contributed by atoms with van der Waals surface area (Å²) in [6.07, 6.45) is 0. The van der Waals surface area contributed by atoms with Crippen LogP contribution in [0.1, 0.15) is 24.0 Å². The fourth-order valence-corrected chi connectivity index (χ4v) is 2.94. The Labute approximate surface area is 141 Å². The molecule has 5 nitrogen and oxygen atoms in total. The Bertz CT molecular complexity index is 641. The van der Waals surface area contributed by atoms with Crippen LogP contribution in [0.25, 0.3) is 0 Å². The topological polar surface area (TPSA) is 65.9 Å². The molecule has 1 aromatic carbocycles. The summed E-state index contributed by atoms with van der Waals surface area (Å²) in [5.41, 5.74) is 2.08. The Morgan fingerprint density at radius 1 is 1.35 bits per heavy atom. The van der Waals surface area contributed by atoms with Crippen LogP contribution in [-0.4, -0.2) is 31.8 Å². The minimum Gasteiger partial charge on any atom is -0.508 e. The fourth-order valence-electron chi connectivity index (χ4n) is 2.15. The molecule has 1 aromatic heterocycles. The van der Waals surface area contributed by atoms with Crippen molar-refractivity contribution >= 4 is 17.3 Å². The normalized spacial score (nSPS) is 12.7. The lowest BCUT2D eigenvalue weighted by molar-refractivity contribution is 0.410. The summed E-state index contributed by atoms with van der Waals surface area (Å²) >= 11 is 1.71. The first-order valence-electron chi connectivity index (χ1n) is 7.46. The van der Waals surface area contributed by atoms with Crippen molar-refractivity contribution in [3.05, 3.63) is 46.2 Å². The molecule has 2 rings (SSSR count). The Morgan fingerprint density at radius 2 is 2.17 bits per heavy atom. The van der Waals surface area contributed by atoms with E-state index in [0.717, 1.165) is 12.1 Å². The molecule has 0 saturated carbocycles. The van der Waals surface area contributed by atoms with Gasteiger partial charge in [0.2, 0.25) is 0 Å². The Kier molecular flexibility index (Phi) is 6.29. The third-order valence-electron chi connectivity index (χ3n) is 3.64. The van der Waals surface area contributed by atoms with Gasteiger partial charge in [0.25, 0.3) is 0 Å². The van der Waals surface area contributed by atoms with Gasteiger partial charge in [-0.2, -0.15) is 11.3 Å². The number of aromatic hydroxyl groups is 1. The van der Waals surface area contributed by atoms with Gasteiger partial charge in [0.15, 0.2) is 5.96 Å². The number of thiophene rings is 1. The second kappa shape index (κ2) is 8.43. The van der Waals surface area contributed by atoms with Gasteiger partial charge in [0.05, 0.1) is 7.11 Å². The van der Waals surface area contributed by atoms with Crippen LogP contribution in [-0.2, 0) is 6.54 Å². The predicted octanol–water partition coefficient (Wildman–Crippen LogP) is 2.93. The van der Waals surface area contributed by atoms with Crippen LogP contribution in [0.5, 0.6) is 11.5 Å². The van der Waals surface area contributed by atoms with Crippen LogP contribution in [0, 0.1) is 0 Å². The zero-order chi connectivity index (χ0) is 16.7. The number of hydrogen-bond acceptors (Lipinski definition) is 4. The van der Waals surface area contributed by atoms with E-state index in [9.17, 15) is 5.11 Å². The van der Waals surface area contributed by atoms with Gasteiger partial charge >= 0.3 is 0 Å². The van der Waals surface area contributed by atoms with Crippen molar-refractivity contribution in [2.45, 2.75) is 19.4 Å². The van der Waals surface area contributed by atoms with Gasteiger partial charge in [0.1, 0.15) is 11.5 Å². The quantitative estimate of drug-likeness (QED) is 0.562. The van der Waals surface area contributed by atoms with E-state index in [1.807, 2.05) is 6.07 Å². The van der Waals surface area contributed by atoms with E-state index < -0.39 is 0 Å². The number of rotatable bonds is 6. The van der Waals surface area contributed by atoms with Gasteiger partial charge in [-0.3, -0.25) is 4.99 Å². The number of aliphatic imine (C=N–C) groups is 1. The van der Waals surface area contributed by atoms with Crippen molar-refractivity contribution in [3.8, 4) is 11.5 Å². The number of guanidine groups is 1. The number of nitrogens with zero attached hydrogens (tertiary/aromatic N) is 1. The maximum atomic E-state index is 9.90. The highest BCUT2D eigenvalue weighted by Gasteiger charge is 2.08. The van der Waals surface area contributed by atoms with Crippen LogP contribution in [0.3, 0.4) is 0 Å². The number of hydrogen-bond donors (Lipinski definition) is 3. The highest BCUT2D eigenvalue weighted by molar-refractivity contribution is 7.07. The first-order chi connectivity index (χ1) is 11.1. The van der Waals surface area contributed by atoms with Crippen molar-refractivity contribution in [1.82, 2.24) is 10.6 Å². The first kappa shape index (κ1) is 17.1. The number of phenols is 1. The highest BCUT2D eigenvalue weighted by atomic mass is 32.1. The third kappa shape index (κ3) is 4.89. The molecule has 0 aliphatic heterocycles. The van der Waals surface area contributed by atoms with Gasteiger partial charge < -0.3 is 20.5 Å². The van der Waals surface area contributed by atoms with E-state index in [1.165, 1.54) is 5.56 Å². The molecule has 0 radical (unpaired) electrons. The molecule has 6 heteroatoms.